The summed E-state index contributed by atoms with van der Waals surface area (Å²) in [5.74, 6) is 5.78. The van der Waals surface area contributed by atoms with E-state index >= 15 is 0 Å². The first-order chi connectivity index (χ1) is 8.72. The number of nitrogens with two attached hydrogens (primary N) is 1. The van der Waals surface area contributed by atoms with Gasteiger partial charge in [0.25, 0.3) is 5.91 Å². The van der Waals surface area contributed by atoms with E-state index in [1.165, 1.54) is 12.4 Å². The lowest BCUT2D eigenvalue weighted by Gasteiger charge is -2.13. The second-order valence-electron chi connectivity index (χ2n) is 3.78. The van der Waals surface area contributed by atoms with Gasteiger partial charge in [-0.2, -0.15) is 0 Å². The van der Waals surface area contributed by atoms with Crippen LogP contribution in [0.3, 0.4) is 0 Å². The van der Waals surface area contributed by atoms with Crippen molar-refractivity contribution in [3.8, 4) is 0 Å². The number of anilines is 1. The van der Waals surface area contributed by atoms with Crippen LogP contribution in [0.1, 0.15) is 29.1 Å². The van der Waals surface area contributed by atoms with Gasteiger partial charge in [0.15, 0.2) is 0 Å². The Morgan fingerprint density at radius 3 is 3.00 bits per heavy atom. The van der Waals surface area contributed by atoms with Gasteiger partial charge in [0.05, 0.1) is 29.8 Å². The standard InChI is InChI=1S/C12H14N4O2/c1-8(11-3-2-6-18-11)15-12(17)9-4-5-14-7-10(9)16-13/h2-8,16H,13H2,1H3,(H,15,17). The van der Waals surface area contributed by atoms with Crippen LogP contribution in [0.15, 0.2) is 41.3 Å². The molecule has 6 heteroatoms. The van der Waals surface area contributed by atoms with Crippen molar-refractivity contribution in [2.45, 2.75) is 13.0 Å². The lowest BCUT2D eigenvalue weighted by molar-refractivity contribution is 0.0936. The molecule has 0 aliphatic rings. The second kappa shape index (κ2) is 5.33. The minimum absolute atomic E-state index is 0.216. The van der Waals surface area contributed by atoms with Gasteiger partial charge in [-0.05, 0) is 25.1 Å². The molecule has 2 heterocycles. The molecule has 6 nitrogen and oxygen atoms in total. The van der Waals surface area contributed by atoms with Crippen molar-refractivity contribution in [2.75, 3.05) is 5.43 Å². The second-order valence-corrected chi connectivity index (χ2v) is 3.78. The van der Waals surface area contributed by atoms with Gasteiger partial charge in [0, 0.05) is 6.20 Å². The number of carbonyl (C=O) groups excluding carboxylic acids is 1. The fourth-order valence-electron chi connectivity index (χ4n) is 1.59. The minimum atomic E-state index is -0.241. The van der Waals surface area contributed by atoms with Gasteiger partial charge in [-0.15, -0.1) is 0 Å². The zero-order valence-electron chi connectivity index (χ0n) is 9.88. The summed E-state index contributed by atoms with van der Waals surface area (Å²) in [6, 6.07) is 4.96. The minimum Gasteiger partial charge on any atom is -0.467 e. The maximum atomic E-state index is 12.1. The molecule has 2 rings (SSSR count). The monoisotopic (exact) mass is 246 g/mol. The molecule has 4 N–H and O–H groups in total. The number of hydrogen-bond acceptors (Lipinski definition) is 5. The molecule has 0 spiro atoms. The van der Waals surface area contributed by atoms with Gasteiger partial charge in [0.1, 0.15) is 5.76 Å². The first-order valence-corrected chi connectivity index (χ1v) is 5.47. The van der Waals surface area contributed by atoms with Crippen LogP contribution in [0.25, 0.3) is 0 Å². The summed E-state index contributed by atoms with van der Waals surface area (Å²) >= 11 is 0. The summed E-state index contributed by atoms with van der Waals surface area (Å²) in [5, 5.41) is 2.82. The van der Waals surface area contributed by atoms with Crippen molar-refractivity contribution in [1.82, 2.24) is 10.3 Å². The van der Waals surface area contributed by atoms with E-state index in [1.54, 1.807) is 24.5 Å². The van der Waals surface area contributed by atoms with E-state index in [-0.39, 0.29) is 11.9 Å². The molecule has 0 saturated carbocycles. The summed E-state index contributed by atoms with van der Waals surface area (Å²) in [7, 11) is 0. The SMILES string of the molecule is CC(NC(=O)c1ccncc1NN)c1ccco1. The average molecular weight is 246 g/mol. The lowest BCUT2D eigenvalue weighted by atomic mass is 10.2. The number of rotatable bonds is 4. The number of hydrogen-bond donors (Lipinski definition) is 3. The van der Waals surface area contributed by atoms with Crippen LogP contribution in [-0.2, 0) is 0 Å². The highest BCUT2D eigenvalue weighted by Gasteiger charge is 2.15. The van der Waals surface area contributed by atoms with Gasteiger partial charge < -0.3 is 15.2 Å². The molecule has 0 aliphatic carbocycles. The predicted octanol–water partition coefficient (Wildman–Crippen LogP) is 1.45. The molecule has 0 aromatic carbocycles. The summed E-state index contributed by atoms with van der Waals surface area (Å²) in [5.41, 5.74) is 3.35. The molecular formula is C12H14N4O2. The van der Waals surface area contributed by atoms with Crippen molar-refractivity contribution in [2.24, 2.45) is 5.84 Å². The Kier molecular flexibility index (Phi) is 3.59. The van der Waals surface area contributed by atoms with Crippen LogP contribution in [0.5, 0.6) is 0 Å². The fourth-order valence-corrected chi connectivity index (χ4v) is 1.59. The Hall–Kier alpha value is -2.34. The molecule has 18 heavy (non-hydrogen) atoms. The summed E-state index contributed by atoms with van der Waals surface area (Å²) < 4.78 is 5.22. The number of nitrogens with zero attached hydrogens (tertiary/aromatic N) is 1. The normalized spacial score (nSPS) is 11.9. The highest BCUT2D eigenvalue weighted by molar-refractivity contribution is 5.99. The van der Waals surface area contributed by atoms with Crippen molar-refractivity contribution >= 4 is 11.6 Å². The summed E-state index contributed by atoms with van der Waals surface area (Å²) in [6.07, 6.45) is 4.59. The smallest absolute Gasteiger partial charge is 0.254 e. The Morgan fingerprint density at radius 2 is 2.33 bits per heavy atom. The van der Waals surface area contributed by atoms with E-state index in [0.717, 1.165) is 0 Å². The number of amides is 1. The van der Waals surface area contributed by atoms with Crippen LogP contribution >= 0.6 is 0 Å². The molecule has 1 atom stereocenters. The first-order valence-electron chi connectivity index (χ1n) is 5.47. The molecule has 0 saturated heterocycles. The van der Waals surface area contributed by atoms with Crippen molar-refractivity contribution in [3.63, 3.8) is 0 Å². The van der Waals surface area contributed by atoms with Crippen LogP contribution in [0.4, 0.5) is 5.69 Å². The molecule has 1 amide bonds. The zero-order chi connectivity index (χ0) is 13.0. The number of hydrazine groups is 1. The molecular weight excluding hydrogens is 232 g/mol. The number of carbonyl (C=O) groups is 1. The van der Waals surface area contributed by atoms with Gasteiger partial charge in [0.2, 0.25) is 0 Å². The van der Waals surface area contributed by atoms with Crippen LogP contribution in [0, 0.1) is 0 Å². The topological polar surface area (TPSA) is 93.2 Å². The molecule has 0 radical (unpaired) electrons. The largest absolute Gasteiger partial charge is 0.467 e. The maximum Gasteiger partial charge on any atom is 0.254 e. The van der Waals surface area contributed by atoms with Gasteiger partial charge in [-0.1, -0.05) is 0 Å². The number of pyridine rings is 1. The van der Waals surface area contributed by atoms with E-state index in [0.29, 0.717) is 17.0 Å². The molecule has 2 aromatic heterocycles. The summed E-state index contributed by atoms with van der Waals surface area (Å²) in [6.45, 7) is 1.84. The van der Waals surface area contributed by atoms with Crippen LogP contribution in [-0.4, -0.2) is 10.9 Å². The Bertz CT molecular complexity index is 525. The molecule has 1 unspecified atom stereocenters. The quantitative estimate of drug-likeness (QED) is 0.561. The number of aromatic nitrogens is 1. The fraction of sp³-hybridized carbons (Fsp3) is 0.167. The number of nitrogens with one attached hydrogen (secondary N) is 2. The summed E-state index contributed by atoms with van der Waals surface area (Å²) in [4.78, 5) is 15.9. The van der Waals surface area contributed by atoms with Gasteiger partial charge in [-0.3, -0.25) is 15.6 Å². The van der Waals surface area contributed by atoms with Crippen LogP contribution < -0.4 is 16.6 Å². The van der Waals surface area contributed by atoms with E-state index in [2.05, 4.69) is 15.7 Å². The Labute approximate surface area is 104 Å². The third-order valence-corrected chi connectivity index (χ3v) is 2.54. The van der Waals surface area contributed by atoms with Crippen molar-refractivity contribution < 1.29 is 9.21 Å². The van der Waals surface area contributed by atoms with Crippen molar-refractivity contribution in [1.29, 1.82) is 0 Å². The Balaban J connectivity index is 2.12. The van der Waals surface area contributed by atoms with Gasteiger partial charge >= 0.3 is 0 Å². The molecule has 2 aromatic rings. The molecule has 0 fully saturated rings. The van der Waals surface area contributed by atoms with Crippen LogP contribution in [0.2, 0.25) is 0 Å². The molecule has 94 valence electrons. The molecule has 0 bridgehead atoms. The predicted molar refractivity (Wildman–Crippen MR) is 66.6 cm³/mol. The average Bonchev–Trinajstić information content (AvgIpc) is 2.92. The number of furan rings is 1. The zero-order valence-corrected chi connectivity index (χ0v) is 9.88. The highest BCUT2D eigenvalue weighted by atomic mass is 16.3. The third-order valence-electron chi connectivity index (χ3n) is 2.54. The highest BCUT2D eigenvalue weighted by Crippen LogP contribution is 2.16. The first kappa shape index (κ1) is 12.1. The maximum absolute atomic E-state index is 12.1. The number of nitrogen functional groups attached to an aromatic ring is 1. The Morgan fingerprint density at radius 1 is 1.50 bits per heavy atom. The lowest BCUT2D eigenvalue weighted by Crippen LogP contribution is -2.27. The van der Waals surface area contributed by atoms with E-state index in [9.17, 15) is 4.79 Å². The third kappa shape index (κ3) is 2.49. The molecule has 0 aliphatic heterocycles. The van der Waals surface area contributed by atoms with E-state index in [4.69, 9.17) is 10.3 Å². The van der Waals surface area contributed by atoms with E-state index < -0.39 is 0 Å². The van der Waals surface area contributed by atoms with Gasteiger partial charge in [-0.25, -0.2) is 0 Å². The van der Waals surface area contributed by atoms with E-state index in [1.807, 2.05) is 6.92 Å². The van der Waals surface area contributed by atoms with Crippen molar-refractivity contribution in [3.05, 3.63) is 48.2 Å².